The fourth-order valence-electron chi connectivity index (χ4n) is 0.0745. The van der Waals surface area contributed by atoms with Crippen LogP contribution in [0.3, 0.4) is 0 Å². The van der Waals surface area contributed by atoms with Crippen molar-refractivity contribution in [3.63, 3.8) is 0 Å². The van der Waals surface area contributed by atoms with Crippen molar-refractivity contribution in [2.24, 2.45) is 0 Å². The maximum atomic E-state index is 9.55. The molecule has 0 aliphatic rings. The van der Waals surface area contributed by atoms with Crippen LogP contribution in [0.25, 0.3) is 0 Å². The molecule has 0 fully saturated rings. The van der Waals surface area contributed by atoms with Crippen molar-refractivity contribution in [2.45, 2.75) is 0 Å². The number of thiol groups is 1. The highest BCUT2D eigenvalue weighted by Crippen LogP contribution is 1.75. The third-order valence-corrected chi connectivity index (χ3v) is 1.32. The van der Waals surface area contributed by atoms with E-state index in [4.69, 9.17) is 0 Å². The molecule has 0 aromatic rings. The molecule has 4 heteroatoms. The van der Waals surface area contributed by atoms with Crippen LogP contribution < -0.4 is 0 Å². The molecule has 0 radical (unpaired) electrons. The maximum absolute atomic E-state index is 9.55. The summed E-state index contributed by atoms with van der Waals surface area (Å²) >= 11 is 1.77. The zero-order chi connectivity index (χ0) is 4.99. The summed E-state index contributed by atoms with van der Waals surface area (Å²) in [6.45, 7) is 0. The van der Waals surface area contributed by atoms with Crippen LogP contribution in [-0.4, -0.2) is 20.3 Å². The Balaban J connectivity index is 2.83. The standard InChI is InChI=1S/C2H6O2S2/c3-6(4)2-1-5/h5H,1-2H2,(H,3,4)/p-1. The van der Waals surface area contributed by atoms with E-state index in [1.165, 1.54) is 0 Å². The predicted molar refractivity (Wildman–Crippen MR) is 27.6 cm³/mol. The second kappa shape index (κ2) is 3.64. The quantitative estimate of drug-likeness (QED) is 0.410. The van der Waals surface area contributed by atoms with Crippen LogP contribution in [-0.2, 0) is 11.1 Å². The summed E-state index contributed by atoms with van der Waals surface area (Å²) in [5.74, 6) is 0.569. The monoisotopic (exact) mass is 125 g/mol. The van der Waals surface area contributed by atoms with E-state index in [0.717, 1.165) is 0 Å². The fraction of sp³-hybridized carbons (Fsp3) is 1.00. The van der Waals surface area contributed by atoms with Crippen molar-refractivity contribution >= 4 is 23.7 Å². The Labute approximate surface area is 44.6 Å². The molecule has 0 rings (SSSR count). The van der Waals surface area contributed by atoms with Crippen LogP contribution in [0.4, 0.5) is 0 Å². The van der Waals surface area contributed by atoms with Crippen LogP contribution in [0.2, 0.25) is 0 Å². The highest BCUT2D eigenvalue weighted by molar-refractivity contribution is 7.83. The van der Waals surface area contributed by atoms with Crippen LogP contribution in [0.1, 0.15) is 0 Å². The fourth-order valence-corrected chi connectivity index (χ4v) is 0.671. The Kier molecular flexibility index (Phi) is 3.92. The average Bonchev–Trinajstić information content (AvgIpc) is 1.35. The lowest BCUT2D eigenvalue weighted by atomic mass is 11.0. The zero-order valence-corrected chi connectivity index (χ0v) is 4.80. The van der Waals surface area contributed by atoms with Crippen molar-refractivity contribution in [1.82, 2.24) is 0 Å². The van der Waals surface area contributed by atoms with Gasteiger partial charge < -0.3 is 4.55 Å². The lowest BCUT2D eigenvalue weighted by Crippen LogP contribution is -1.94. The van der Waals surface area contributed by atoms with Gasteiger partial charge in [-0.05, 0) is 0 Å². The first-order valence-corrected chi connectivity index (χ1v) is 3.31. The Hall–Kier alpha value is 0.460. The summed E-state index contributed by atoms with van der Waals surface area (Å²) in [5, 5.41) is 0. The summed E-state index contributed by atoms with van der Waals surface area (Å²) < 4.78 is 19.1. The number of rotatable bonds is 2. The van der Waals surface area contributed by atoms with Gasteiger partial charge in [0.25, 0.3) is 0 Å². The Morgan fingerprint density at radius 3 is 2.33 bits per heavy atom. The minimum atomic E-state index is -1.89. The number of hydrogen-bond donors (Lipinski definition) is 1. The van der Waals surface area contributed by atoms with Crippen molar-refractivity contribution in [1.29, 1.82) is 0 Å². The van der Waals surface area contributed by atoms with Gasteiger partial charge in [-0.2, -0.15) is 12.6 Å². The zero-order valence-electron chi connectivity index (χ0n) is 3.09. The van der Waals surface area contributed by atoms with E-state index in [-0.39, 0.29) is 5.75 Å². The normalized spacial score (nSPS) is 14.3. The summed E-state index contributed by atoms with van der Waals surface area (Å²) in [5.41, 5.74) is 0. The van der Waals surface area contributed by atoms with Crippen molar-refractivity contribution < 1.29 is 8.76 Å². The molecule has 2 nitrogen and oxygen atoms in total. The van der Waals surface area contributed by atoms with Crippen LogP contribution in [0.5, 0.6) is 0 Å². The van der Waals surface area contributed by atoms with Gasteiger partial charge >= 0.3 is 0 Å². The predicted octanol–water partition coefficient (Wildman–Crippen LogP) is -0.205. The first-order valence-electron chi connectivity index (χ1n) is 1.44. The lowest BCUT2D eigenvalue weighted by molar-refractivity contribution is 0.539. The average molecular weight is 125 g/mol. The van der Waals surface area contributed by atoms with Gasteiger partial charge in [0.2, 0.25) is 0 Å². The summed E-state index contributed by atoms with van der Waals surface area (Å²) in [6.07, 6.45) is 0. The minimum Gasteiger partial charge on any atom is -0.772 e. The first-order chi connectivity index (χ1) is 2.77. The molecule has 0 heterocycles. The summed E-state index contributed by atoms with van der Waals surface area (Å²) in [4.78, 5) is 0. The molecule has 0 N–H and O–H groups in total. The third kappa shape index (κ3) is 4.46. The molecule has 6 heavy (non-hydrogen) atoms. The van der Waals surface area contributed by atoms with E-state index < -0.39 is 11.1 Å². The van der Waals surface area contributed by atoms with Crippen LogP contribution >= 0.6 is 12.6 Å². The van der Waals surface area contributed by atoms with Gasteiger partial charge in [0.05, 0.1) is 0 Å². The maximum Gasteiger partial charge on any atom is 0.0190 e. The molecule has 0 saturated heterocycles. The van der Waals surface area contributed by atoms with Gasteiger partial charge in [-0.1, -0.05) is 11.1 Å². The van der Waals surface area contributed by atoms with Crippen molar-refractivity contribution in [3.05, 3.63) is 0 Å². The Bertz CT molecular complexity index is 53.5. The van der Waals surface area contributed by atoms with Gasteiger partial charge in [0.1, 0.15) is 0 Å². The molecular weight excluding hydrogens is 120 g/mol. The highest BCUT2D eigenvalue weighted by atomic mass is 32.2. The molecule has 1 atom stereocenters. The minimum absolute atomic E-state index is 0.156. The molecule has 1 unspecified atom stereocenters. The molecule has 38 valence electrons. The summed E-state index contributed by atoms with van der Waals surface area (Å²) in [6, 6.07) is 0. The van der Waals surface area contributed by atoms with Crippen molar-refractivity contribution in [2.75, 3.05) is 11.5 Å². The van der Waals surface area contributed by atoms with Crippen molar-refractivity contribution in [3.8, 4) is 0 Å². The van der Waals surface area contributed by atoms with Gasteiger partial charge in [-0.15, -0.1) is 0 Å². The number of hydrogen-bond acceptors (Lipinski definition) is 3. The van der Waals surface area contributed by atoms with Crippen LogP contribution in [0, 0.1) is 0 Å². The smallest absolute Gasteiger partial charge is 0.0190 e. The molecule has 0 aromatic carbocycles. The van der Waals surface area contributed by atoms with E-state index in [9.17, 15) is 8.76 Å². The second-order valence-electron chi connectivity index (χ2n) is 0.731. The largest absolute Gasteiger partial charge is 0.772 e. The van der Waals surface area contributed by atoms with Gasteiger partial charge in [-0.3, -0.25) is 4.21 Å². The van der Waals surface area contributed by atoms with Gasteiger partial charge in [-0.25, -0.2) is 0 Å². The molecular formula is C2H5O2S2-. The second-order valence-corrected chi connectivity index (χ2v) is 2.19. The van der Waals surface area contributed by atoms with E-state index in [0.29, 0.717) is 5.75 Å². The molecule has 0 aromatic heterocycles. The molecule has 0 bridgehead atoms. The Morgan fingerprint density at radius 1 is 1.83 bits per heavy atom. The van der Waals surface area contributed by atoms with Crippen LogP contribution in [0.15, 0.2) is 0 Å². The SMILES string of the molecule is O=S([O-])CCS. The van der Waals surface area contributed by atoms with E-state index in [1.807, 2.05) is 0 Å². The molecule has 0 spiro atoms. The molecule has 0 aliphatic carbocycles. The highest BCUT2D eigenvalue weighted by Gasteiger charge is 1.73. The van der Waals surface area contributed by atoms with Gasteiger partial charge in [0.15, 0.2) is 0 Å². The molecule has 0 aliphatic heterocycles. The molecule has 0 saturated carbocycles. The van der Waals surface area contributed by atoms with Gasteiger partial charge in [0, 0.05) is 11.5 Å². The molecule has 0 amide bonds. The first kappa shape index (κ1) is 6.46. The topological polar surface area (TPSA) is 40.1 Å². The van der Waals surface area contributed by atoms with E-state index in [2.05, 4.69) is 12.6 Å². The Morgan fingerprint density at radius 2 is 2.33 bits per heavy atom. The third-order valence-electron chi connectivity index (χ3n) is 0.258. The van der Waals surface area contributed by atoms with E-state index in [1.54, 1.807) is 0 Å². The lowest BCUT2D eigenvalue weighted by Gasteiger charge is -1.97. The van der Waals surface area contributed by atoms with E-state index >= 15 is 0 Å². The summed E-state index contributed by atoms with van der Waals surface area (Å²) in [7, 11) is 0.